The van der Waals surface area contributed by atoms with Crippen molar-refractivity contribution in [1.82, 2.24) is 29.7 Å². The Bertz CT molecular complexity index is 1480. The smallest absolute Gasteiger partial charge is 0.355 e. The van der Waals surface area contributed by atoms with Crippen LogP contribution in [0.2, 0.25) is 0 Å². The Kier molecular flexibility index (Phi) is 4.77. The summed E-state index contributed by atoms with van der Waals surface area (Å²) < 4.78 is 1.34. The van der Waals surface area contributed by atoms with E-state index >= 15 is 0 Å². The van der Waals surface area contributed by atoms with Crippen LogP contribution in [0.15, 0.2) is 59.9 Å². The molecule has 1 amide bonds. The average molecular weight is 469 g/mol. The van der Waals surface area contributed by atoms with Crippen LogP contribution in [0.3, 0.4) is 0 Å². The van der Waals surface area contributed by atoms with Crippen molar-refractivity contribution in [3.63, 3.8) is 0 Å². The molecule has 4 aromatic heterocycles. The molecule has 2 unspecified atom stereocenters. The van der Waals surface area contributed by atoms with Gasteiger partial charge < -0.3 is 5.73 Å². The molecule has 1 saturated heterocycles. The number of piperidine rings is 1. The molecular weight excluding hydrogens is 444 g/mol. The molecule has 1 aliphatic heterocycles. The first-order valence-electron chi connectivity index (χ1n) is 11.5. The second-order valence-electron chi connectivity index (χ2n) is 9.26. The van der Waals surface area contributed by atoms with E-state index in [-0.39, 0.29) is 29.6 Å². The minimum Gasteiger partial charge on any atom is -0.383 e. The van der Waals surface area contributed by atoms with Gasteiger partial charge in [0.2, 0.25) is 5.91 Å². The number of amides is 1. The predicted molar refractivity (Wildman–Crippen MR) is 130 cm³/mol. The van der Waals surface area contributed by atoms with E-state index in [0.29, 0.717) is 24.0 Å². The van der Waals surface area contributed by atoms with Gasteiger partial charge in [0.25, 0.3) is 0 Å². The number of nitrogens with two attached hydrogens (primary N) is 1. The number of hydrogen-bond acceptors (Lipinski definition) is 7. The van der Waals surface area contributed by atoms with Gasteiger partial charge in [0.05, 0.1) is 5.69 Å². The maximum atomic E-state index is 13.5. The molecule has 35 heavy (non-hydrogen) atoms. The second-order valence-corrected chi connectivity index (χ2v) is 9.26. The number of nitrogens with zero attached hydrogens (tertiary/aromatic N) is 6. The number of anilines is 2. The standard InChI is InChI=1S/C25H24N8O2/c1-13-20-17(11-15-3-4-19(28-12-15)32-10-7-18(26)29-25(32)35)24(34)33(22(13)20)23-14(2)21(30-31-23)16-5-8-27-9-6-16/h3-10,12-13,17,20,22H,11H2,1-2H3,(H,30,31)(H2,26,29,35)/t13-,17+,20?,22?/m0/s1. The highest BCUT2D eigenvalue weighted by molar-refractivity contribution is 6.00. The summed E-state index contributed by atoms with van der Waals surface area (Å²) in [6.07, 6.45) is 7.34. The van der Waals surface area contributed by atoms with E-state index in [9.17, 15) is 9.59 Å². The summed E-state index contributed by atoms with van der Waals surface area (Å²) in [5, 5.41) is 7.65. The summed E-state index contributed by atoms with van der Waals surface area (Å²) in [5.41, 5.74) is 8.87. The topological polar surface area (TPSA) is 136 Å². The summed E-state index contributed by atoms with van der Waals surface area (Å²) in [6.45, 7) is 4.18. The Morgan fingerprint density at radius 2 is 1.91 bits per heavy atom. The van der Waals surface area contributed by atoms with Crippen molar-refractivity contribution in [3.05, 3.63) is 76.7 Å². The van der Waals surface area contributed by atoms with Gasteiger partial charge in [0, 0.05) is 47.9 Å². The van der Waals surface area contributed by atoms with Crippen LogP contribution >= 0.6 is 0 Å². The number of rotatable bonds is 5. The van der Waals surface area contributed by atoms with E-state index in [2.05, 4.69) is 32.1 Å². The lowest BCUT2D eigenvalue weighted by Crippen LogP contribution is -2.35. The summed E-state index contributed by atoms with van der Waals surface area (Å²) in [5.74, 6) is 1.98. The van der Waals surface area contributed by atoms with Crippen LogP contribution in [0.1, 0.15) is 18.1 Å². The lowest BCUT2D eigenvalue weighted by molar-refractivity contribution is -0.121. The second kappa shape index (κ2) is 7.86. The fourth-order valence-electron chi connectivity index (χ4n) is 5.39. The maximum absolute atomic E-state index is 13.5. The molecule has 4 atom stereocenters. The Balaban J connectivity index is 1.24. The van der Waals surface area contributed by atoms with Crippen LogP contribution in [0, 0.1) is 24.7 Å². The SMILES string of the molecule is Cc1c(N2C(=O)[C@H](Cc3ccc(-n4ccc(N)nc4=O)nc3)C3C2[C@H]3C)n[nH]c1-c1ccncc1. The van der Waals surface area contributed by atoms with Crippen LogP contribution in [-0.4, -0.2) is 41.7 Å². The first kappa shape index (κ1) is 21.2. The monoisotopic (exact) mass is 468 g/mol. The van der Waals surface area contributed by atoms with Crippen molar-refractivity contribution in [2.45, 2.75) is 26.3 Å². The van der Waals surface area contributed by atoms with Crippen molar-refractivity contribution in [3.8, 4) is 17.1 Å². The van der Waals surface area contributed by atoms with E-state index in [4.69, 9.17) is 5.73 Å². The van der Waals surface area contributed by atoms with E-state index in [1.54, 1.807) is 36.9 Å². The van der Waals surface area contributed by atoms with Gasteiger partial charge in [-0.25, -0.2) is 9.78 Å². The minimum absolute atomic E-state index is 0.0945. The maximum Gasteiger partial charge on any atom is 0.355 e. The van der Waals surface area contributed by atoms with Crippen molar-refractivity contribution >= 4 is 17.5 Å². The third kappa shape index (κ3) is 3.40. The van der Waals surface area contributed by atoms with Crippen molar-refractivity contribution in [1.29, 1.82) is 0 Å². The van der Waals surface area contributed by atoms with E-state index in [0.717, 1.165) is 22.4 Å². The fourth-order valence-corrected chi connectivity index (χ4v) is 5.39. The summed E-state index contributed by atoms with van der Waals surface area (Å²) in [4.78, 5) is 39.8. The average Bonchev–Trinajstić information content (AvgIpc) is 3.20. The van der Waals surface area contributed by atoms with Crippen LogP contribution in [0.5, 0.6) is 0 Å². The van der Waals surface area contributed by atoms with Gasteiger partial charge in [-0.05, 0) is 55.0 Å². The van der Waals surface area contributed by atoms with Crippen LogP contribution in [-0.2, 0) is 11.2 Å². The molecule has 0 aromatic carbocycles. The number of aromatic amines is 1. The van der Waals surface area contributed by atoms with Crippen LogP contribution < -0.4 is 16.3 Å². The van der Waals surface area contributed by atoms with Crippen molar-refractivity contribution in [2.75, 3.05) is 10.6 Å². The third-order valence-electron chi connectivity index (χ3n) is 7.23. The molecule has 0 radical (unpaired) electrons. The molecule has 0 spiro atoms. The number of hydrogen-bond donors (Lipinski definition) is 2. The van der Waals surface area contributed by atoms with Crippen molar-refractivity contribution < 1.29 is 4.79 Å². The highest BCUT2D eigenvalue weighted by atomic mass is 16.2. The Morgan fingerprint density at radius 1 is 1.11 bits per heavy atom. The predicted octanol–water partition coefficient (Wildman–Crippen LogP) is 2.14. The normalized spacial score (nSPS) is 22.9. The van der Waals surface area contributed by atoms with Crippen LogP contribution in [0.25, 0.3) is 17.1 Å². The van der Waals surface area contributed by atoms with Gasteiger partial charge in [0.15, 0.2) is 5.82 Å². The number of fused-ring (bicyclic) bond motifs is 1. The Hall–Kier alpha value is -4.34. The molecule has 10 heteroatoms. The number of aromatic nitrogens is 6. The van der Waals surface area contributed by atoms with E-state index in [1.165, 1.54) is 4.57 Å². The van der Waals surface area contributed by atoms with Gasteiger partial charge in [0.1, 0.15) is 11.6 Å². The number of H-pyrrole nitrogens is 1. The van der Waals surface area contributed by atoms with E-state index in [1.807, 2.05) is 30.0 Å². The molecule has 3 N–H and O–H groups in total. The Labute approximate surface area is 200 Å². The molecule has 2 fully saturated rings. The summed E-state index contributed by atoms with van der Waals surface area (Å²) in [7, 11) is 0. The van der Waals surface area contributed by atoms with Crippen molar-refractivity contribution in [2.24, 2.45) is 17.8 Å². The molecule has 2 aliphatic rings. The molecule has 4 aromatic rings. The highest BCUT2D eigenvalue weighted by Crippen LogP contribution is 2.56. The largest absolute Gasteiger partial charge is 0.383 e. The molecule has 5 heterocycles. The van der Waals surface area contributed by atoms with Gasteiger partial charge in [-0.1, -0.05) is 13.0 Å². The summed E-state index contributed by atoms with van der Waals surface area (Å²) >= 11 is 0. The minimum atomic E-state index is -0.484. The molecule has 1 aliphatic carbocycles. The van der Waals surface area contributed by atoms with E-state index < -0.39 is 5.69 Å². The number of carbonyl (C=O) groups excluding carboxylic acids is 1. The zero-order chi connectivity index (χ0) is 24.3. The lowest BCUT2D eigenvalue weighted by Gasteiger charge is -2.21. The molecule has 10 nitrogen and oxygen atoms in total. The molecule has 176 valence electrons. The zero-order valence-electron chi connectivity index (χ0n) is 19.3. The molecular formula is C25H24N8O2. The number of nitrogen functional groups attached to an aromatic ring is 1. The fraction of sp³-hybridized carbons (Fsp3) is 0.280. The molecule has 6 rings (SSSR count). The lowest BCUT2D eigenvalue weighted by atomic mass is 9.94. The zero-order valence-corrected chi connectivity index (χ0v) is 19.3. The quantitative estimate of drug-likeness (QED) is 0.458. The first-order valence-corrected chi connectivity index (χ1v) is 11.5. The number of pyridine rings is 2. The third-order valence-corrected chi connectivity index (χ3v) is 7.23. The number of carbonyl (C=O) groups is 1. The Morgan fingerprint density at radius 3 is 2.63 bits per heavy atom. The highest BCUT2D eigenvalue weighted by Gasteiger charge is 2.64. The van der Waals surface area contributed by atoms with Crippen LogP contribution in [0.4, 0.5) is 11.6 Å². The molecule has 0 bridgehead atoms. The summed E-state index contributed by atoms with van der Waals surface area (Å²) in [6, 6.07) is 9.22. The van der Waals surface area contributed by atoms with Gasteiger partial charge in [-0.3, -0.25) is 24.3 Å². The van der Waals surface area contributed by atoms with Gasteiger partial charge >= 0.3 is 5.69 Å². The van der Waals surface area contributed by atoms with Gasteiger partial charge in [-0.15, -0.1) is 0 Å². The first-order chi connectivity index (χ1) is 16.9. The molecule has 1 saturated carbocycles. The van der Waals surface area contributed by atoms with Gasteiger partial charge in [-0.2, -0.15) is 10.1 Å². The number of nitrogens with one attached hydrogen (secondary N) is 1.